The minimum Gasteiger partial charge on any atom is -0.296 e. The van der Waals surface area contributed by atoms with E-state index >= 15 is 0 Å². The van der Waals surface area contributed by atoms with Gasteiger partial charge < -0.3 is 0 Å². The molecule has 5 heteroatoms. The first kappa shape index (κ1) is 11.3. The monoisotopic (exact) mass is 239 g/mol. The second-order valence-electron chi connectivity index (χ2n) is 4.01. The molecule has 1 atom stereocenters. The minimum atomic E-state index is -3.49. The van der Waals surface area contributed by atoms with Crippen LogP contribution in [0.3, 0.4) is 0 Å². The Morgan fingerprint density at radius 3 is 2.25 bits per heavy atom. The van der Waals surface area contributed by atoms with E-state index in [1.165, 1.54) is 4.31 Å². The molecule has 2 rings (SSSR count). The van der Waals surface area contributed by atoms with Crippen molar-refractivity contribution < 1.29 is 13.2 Å². The molecule has 0 unspecified atom stereocenters. The Morgan fingerprint density at radius 2 is 1.81 bits per heavy atom. The van der Waals surface area contributed by atoms with Gasteiger partial charge in [0.25, 0.3) is 0 Å². The zero-order valence-electron chi connectivity index (χ0n) is 9.17. The fourth-order valence-corrected chi connectivity index (χ4v) is 3.19. The van der Waals surface area contributed by atoms with Gasteiger partial charge in [0.05, 0.1) is 17.5 Å². The summed E-state index contributed by atoms with van der Waals surface area (Å²) >= 11 is 0. The maximum atomic E-state index is 12.1. The molecule has 0 spiro atoms. The lowest BCUT2D eigenvalue weighted by atomic mass is 10.1. The van der Waals surface area contributed by atoms with Crippen LogP contribution in [0.25, 0.3) is 0 Å². The van der Waals surface area contributed by atoms with Crippen molar-refractivity contribution in [2.45, 2.75) is 24.8 Å². The molecule has 0 radical (unpaired) electrons. The van der Waals surface area contributed by atoms with E-state index in [0.29, 0.717) is 0 Å². The van der Waals surface area contributed by atoms with Crippen LogP contribution in [0.15, 0.2) is 29.2 Å². The number of carbonyl (C=O) groups excluding carboxylic acids is 1. The van der Waals surface area contributed by atoms with Crippen LogP contribution < -0.4 is 0 Å². The third kappa shape index (κ3) is 1.66. The Kier molecular flexibility index (Phi) is 2.59. The van der Waals surface area contributed by atoms with E-state index < -0.39 is 16.1 Å². The largest absolute Gasteiger partial charge is 0.296 e. The Balaban J connectivity index is 2.33. The summed E-state index contributed by atoms with van der Waals surface area (Å²) < 4.78 is 25.3. The molecular weight excluding hydrogens is 226 g/mol. The molecule has 0 saturated carbocycles. The van der Waals surface area contributed by atoms with Gasteiger partial charge in [0.1, 0.15) is 0 Å². The Hall–Kier alpha value is -1.20. The second kappa shape index (κ2) is 3.68. The summed E-state index contributed by atoms with van der Waals surface area (Å²) in [6.07, 6.45) is 0. The topological polar surface area (TPSA) is 54.5 Å². The van der Waals surface area contributed by atoms with Gasteiger partial charge in [0.15, 0.2) is 5.78 Å². The van der Waals surface area contributed by atoms with E-state index in [-0.39, 0.29) is 17.2 Å². The molecule has 0 aromatic heterocycles. The molecule has 4 nitrogen and oxygen atoms in total. The highest BCUT2D eigenvalue weighted by molar-refractivity contribution is 7.89. The summed E-state index contributed by atoms with van der Waals surface area (Å²) in [5, 5.41) is 0. The van der Waals surface area contributed by atoms with Crippen molar-refractivity contribution in [1.29, 1.82) is 0 Å². The molecule has 1 saturated heterocycles. The molecule has 0 amide bonds. The van der Waals surface area contributed by atoms with E-state index in [1.54, 1.807) is 31.2 Å². The number of benzene rings is 1. The van der Waals surface area contributed by atoms with Crippen molar-refractivity contribution in [1.82, 2.24) is 4.31 Å². The molecule has 0 bridgehead atoms. The van der Waals surface area contributed by atoms with Crippen LogP contribution in [0, 0.1) is 6.92 Å². The predicted octanol–water partition coefficient (Wildman–Crippen LogP) is 0.957. The normalized spacial score (nSPS) is 21.9. The van der Waals surface area contributed by atoms with Gasteiger partial charge in [-0.1, -0.05) is 17.7 Å². The number of hydrogen-bond acceptors (Lipinski definition) is 3. The van der Waals surface area contributed by atoms with E-state index in [4.69, 9.17) is 0 Å². The van der Waals surface area contributed by atoms with Crippen molar-refractivity contribution in [3.05, 3.63) is 29.8 Å². The first-order valence-corrected chi connectivity index (χ1v) is 6.48. The van der Waals surface area contributed by atoms with Crippen LogP contribution in [-0.4, -0.2) is 31.1 Å². The Labute approximate surface area is 94.9 Å². The van der Waals surface area contributed by atoms with Crippen molar-refractivity contribution in [3.63, 3.8) is 0 Å². The highest BCUT2D eigenvalue weighted by atomic mass is 32.2. The van der Waals surface area contributed by atoms with Crippen LogP contribution in [-0.2, 0) is 14.8 Å². The predicted molar refractivity (Wildman–Crippen MR) is 59.5 cm³/mol. The van der Waals surface area contributed by atoms with Crippen LogP contribution in [0.4, 0.5) is 0 Å². The van der Waals surface area contributed by atoms with Gasteiger partial charge in [-0.05, 0) is 26.0 Å². The average Bonchev–Trinajstić information content (AvgIpc) is 2.25. The van der Waals surface area contributed by atoms with Gasteiger partial charge in [-0.25, -0.2) is 8.42 Å². The number of ketones is 1. The first-order valence-electron chi connectivity index (χ1n) is 5.04. The number of hydrogen-bond donors (Lipinski definition) is 0. The van der Waals surface area contributed by atoms with Crippen molar-refractivity contribution in [2.24, 2.45) is 0 Å². The summed E-state index contributed by atoms with van der Waals surface area (Å²) in [4.78, 5) is 11.3. The molecule has 1 fully saturated rings. The summed E-state index contributed by atoms with van der Waals surface area (Å²) in [6, 6.07) is 6.12. The van der Waals surface area contributed by atoms with Gasteiger partial charge in [-0.15, -0.1) is 0 Å². The first-order chi connectivity index (χ1) is 7.43. The van der Waals surface area contributed by atoms with Gasteiger partial charge in [0, 0.05) is 0 Å². The Morgan fingerprint density at radius 1 is 1.25 bits per heavy atom. The van der Waals surface area contributed by atoms with Crippen LogP contribution in [0.2, 0.25) is 0 Å². The number of aryl methyl sites for hydroxylation is 1. The minimum absolute atomic E-state index is 0.00260. The third-order valence-electron chi connectivity index (χ3n) is 2.84. The van der Waals surface area contributed by atoms with Gasteiger partial charge >= 0.3 is 0 Å². The average molecular weight is 239 g/mol. The zero-order valence-corrected chi connectivity index (χ0v) is 9.99. The third-order valence-corrected chi connectivity index (χ3v) is 4.77. The molecule has 1 aromatic rings. The Bertz CT molecular complexity index is 519. The molecule has 0 aliphatic carbocycles. The fraction of sp³-hybridized carbons (Fsp3) is 0.364. The molecular formula is C11H13NO3S. The number of Topliss-reactive ketones (excluding diaryl/α,β-unsaturated/α-hetero) is 1. The quantitative estimate of drug-likeness (QED) is 0.772. The summed E-state index contributed by atoms with van der Waals surface area (Å²) in [7, 11) is -3.49. The highest BCUT2D eigenvalue weighted by Crippen LogP contribution is 2.24. The number of rotatable bonds is 2. The lowest BCUT2D eigenvalue weighted by molar-refractivity contribution is -0.130. The maximum Gasteiger partial charge on any atom is 0.244 e. The number of carbonyl (C=O) groups is 1. The van der Waals surface area contributed by atoms with E-state index in [9.17, 15) is 13.2 Å². The summed E-state index contributed by atoms with van der Waals surface area (Å²) in [5.41, 5.74) is 1.01. The van der Waals surface area contributed by atoms with Crippen LogP contribution in [0.1, 0.15) is 12.5 Å². The number of nitrogens with zero attached hydrogens (tertiary/aromatic N) is 1. The molecule has 1 aliphatic rings. The lowest BCUT2D eigenvalue weighted by Crippen LogP contribution is -2.57. The van der Waals surface area contributed by atoms with E-state index in [2.05, 4.69) is 0 Å². The van der Waals surface area contributed by atoms with Crippen molar-refractivity contribution in [2.75, 3.05) is 6.54 Å². The maximum absolute atomic E-state index is 12.1. The molecule has 1 aliphatic heterocycles. The van der Waals surface area contributed by atoms with Crippen LogP contribution in [0.5, 0.6) is 0 Å². The van der Waals surface area contributed by atoms with Gasteiger partial charge in [-0.3, -0.25) is 4.79 Å². The van der Waals surface area contributed by atoms with Crippen molar-refractivity contribution >= 4 is 15.8 Å². The molecule has 1 aromatic carbocycles. The van der Waals surface area contributed by atoms with Crippen molar-refractivity contribution in [3.8, 4) is 0 Å². The number of sulfonamides is 1. The van der Waals surface area contributed by atoms with Gasteiger partial charge in [-0.2, -0.15) is 4.31 Å². The zero-order chi connectivity index (χ0) is 11.9. The molecule has 86 valence electrons. The smallest absolute Gasteiger partial charge is 0.244 e. The van der Waals surface area contributed by atoms with E-state index in [1.807, 2.05) is 6.92 Å². The van der Waals surface area contributed by atoms with E-state index in [0.717, 1.165) is 5.56 Å². The van der Waals surface area contributed by atoms with Gasteiger partial charge in [0.2, 0.25) is 10.0 Å². The lowest BCUT2D eigenvalue weighted by Gasteiger charge is -2.35. The fourth-order valence-electron chi connectivity index (χ4n) is 1.61. The standard InChI is InChI=1S/C11H13NO3S/c1-8-3-5-10(6-4-8)16(14,15)12-7-11(13)9(12)2/h3-6,9H,7H2,1-2H3/t9-/m0/s1. The summed E-state index contributed by atoms with van der Waals surface area (Å²) in [5.74, 6) is -0.0318. The molecule has 1 heterocycles. The molecule has 16 heavy (non-hydrogen) atoms. The summed E-state index contributed by atoms with van der Waals surface area (Å²) in [6.45, 7) is 3.50. The SMILES string of the molecule is Cc1ccc(S(=O)(=O)N2CC(=O)[C@@H]2C)cc1. The second-order valence-corrected chi connectivity index (χ2v) is 5.90. The van der Waals surface area contributed by atoms with Crippen LogP contribution >= 0.6 is 0 Å². The molecule has 0 N–H and O–H groups in total. The highest BCUT2D eigenvalue weighted by Gasteiger charge is 2.42.